The highest BCUT2D eigenvalue weighted by molar-refractivity contribution is 7.90. The van der Waals surface area contributed by atoms with Crippen LogP contribution in [-0.4, -0.2) is 22.7 Å². The van der Waals surface area contributed by atoms with Crippen LogP contribution in [0.3, 0.4) is 0 Å². The van der Waals surface area contributed by atoms with E-state index in [1.165, 1.54) is 0 Å². The van der Waals surface area contributed by atoms with Crippen molar-refractivity contribution in [3.63, 3.8) is 0 Å². The van der Waals surface area contributed by atoms with Gasteiger partial charge in [-0.15, -0.1) is 0 Å². The highest BCUT2D eigenvalue weighted by Crippen LogP contribution is 2.36. The fourth-order valence-electron chi connectivity index (χ4n) is 1.32. The lowest BCUT2D eigenvalue weighted by atomic mass is 10.2. The summed E-state index contributed by atoms with van der Waals surface area (Å²) in [5, 5.41) is 0.0231. The summed E-state index contributed by atoms with van der Waals surface area (Å²) in [4.78, 5) is 0. The van der Waals surface area contributed by atoms with E-state index < -0.39 is 18.2 Å². The predicted octanol–water partition coefficient (Wildman–Crippen LogP) is 3.58. The fourth-order valence-corrected chi connectivity index (χ4v) is 4.44. The van der Waals surface area contributed by atoms with Gasteiger partial charge in [-0.25, -0.2) is 8.42 Å². The Balaban J connectivity index is 2.67. The maximum absolute atomic E-state index is 12.1. The van der Waals surface area contributed by atoms with Crippen LogP contribution >= 0.6 is 0 Å². The van der Waals surface area contributed by atoms with E-state index >= 15 is 0 Å². The van der Waals surface area contributed by atoms with E-state index in [1.54, 1.807) is 0 Å². The molecule has 0 fully saturated rings. The second kappa shape index (κ2) is 5.77. The summed E-state index contributed by atoms with van der Waals surface area (Å²) in [7, 11) is -5.23. The molecule has 1 aromatic carbocycles. The number of benzene rings is 1. The quantitative estimate of drug-likeness (QED) is 0.781. The Morgan fingerprint density at radius 1 is 1.11 bits per heavy atom. The van der Waals surface area contributed by atoms with Crippen molar-refractivity contribution in [1.29, 1.82) is 0 Å². The number of hydrogen-bond donors (Lipinski definition) is 0. The molecule has 1 rings (SSSR count). The van der Waals surface area contributed by atoms with Crippen LogP contribution in [0.15, 0.2) is 30.3 Å². The van der Waals surface area contributed by atoms with Gasteiger partial charge in [-0.05, 0) is 23.7 Å². The smallest absolute Gasteiger partial charge is 0.193 e. The summed E-state index contributed by atoms with van der Waals surface area (Å²) in [6.07, 6.45) is 0. The minimum atomic E-state index is -3.22. The first-order chi connectivity index (χ1) is 8.54. The molecule has 5 heteroatoms. The van der Waals surface area contributed by atoms with Crippen molar-refractivity contribution in [3.8, 4) is 0 Å². The van der Waals surface area contributed by atoms with Crippen LogP contribution in [0, 0.1) is 0 Å². The third-order valence-corrected chi connectivity index (χ3v) is 9.57. The van der Waals surface area contributed by atoms with E-state index in [-0.39, 0.29) is 16.7 Å². The monoisotopic (exact) mass is 300 g/mol. The molecule has 108 valence electrons. The Morgan fingerprint density at radius 2 is 1.63 bits per heavy atom. The zero-order valence-electron chi connectivity index (χ0n) is 12.4. The van der Waals surface area contributed by atoms with Gasteiger partial charge in [0.2, 0.25) is 0 Å². The fraction of sp³-hybridized carbons (Fsp3) is 0.571. The van der Waals surface area contributed by atoms with Crippen LogP contribution in [0.25, 0.3) is 0 Å². The van der Waals surface area contributed by atoms with Crippen molar-refractivity contribution in [1.82, 2.24) is 0 Å². The van der Waals surface area contributed by atoms with Crippen LogP contribution < -0.4 is 0 Å². The molecule has 0 atom stereocenters. The van der Waals surface area contributed by atoms with E-state index in [0.29, 0.717) is 0 Å². The zero-order valence-corrected chi connectivity index (χ0v) is 14.3. The maximum Gasteiger partial charge on any atom is 0.193 e. The van der Waals surface area contributed by atoms with Gasteiger partial charge in [-0.1, -0.05) is 51.1 Å². The number of rotatable bonds is 5. The van der Waals surface area contributed by atoms with Gasteiger partial charge in [0.25, 0.3) is 0 Å². The van der Waals surface area contributed by atoms with E-state index in [0.717, 1.165) is 5.56 Å². The van der Waals surface area contributed by atoms with Crippen molar-refractivity contribution in [2.75, 3.05) is 5.94 Å². The van der Waals surface area contributed by atoms with Gasteiger partial charge < -0.3 is 4.43 Å². The van der Waals surface area contributed by atoms with Gasteiger partial charge in [0.15, 0.2) is 18.2 Å². The number of hydrogen-bond acceptors (Lipinski definition) is 3. The molecular formula is C14H24O3SSi. The Morgan fingerprint density at radius 3 is 2.11 bits per heavy atom. The molecule has 0 radical (unpaired) electrons. The van der Waals surface area contributed by atoms with Gasteiger partial charge in [-0.3, -0.25) is 0 Å². The maximum atomic E-state index is 12.1. The summed E-state index contributed by atoms with van der Waals surface area (Å²) < 4.78 is 29.9. The van der Waals surface area contributed by atoms with E-state index in [9.17, 15) is 8.42 Å². The van der Waals surface area contributed by atoms with Crippen molar-refractivity contribution >= 4 is 18.2 Å². The Bertz CT molecular complexity index is 501. The van der Waals surface area contributed by atoms with Crippen molar-refractivity contribution in [2.45, 2.75) is 44.7 Å². The molecule has 0 saturated carbocycles. The van der Waals surface area contributed by atoms with Gasteiger partial charge >= 0.3 is 0 Å². The Hall–Kier alpha value is -0.653. The van der Waals surface area contributed by atoms with Crippen LogP contribution in [0.4, 0.5) is 0 Å². The molecule has 0 N–H and O–H groups in total. The lowest BCUT2D eigenvalue weighted by molar-refractivity contribution is 0.341. The normalized spacial score (nSPS) is 13.5. The number of sulfone groups is 1. The second-order valence-corrected chi connectivity index (χ2v) is 13.2. The molecule has 0 aliphatic heterocycles. The molecule has 19 heavy (non-hydrogen) atoms. The first-order valence-corrected chi connectivity index (χ1v) is 11.1. The molecule has 0 saturated heterocycles. The van der Waals surface area contributed by atoms with Crippen LogP contribution in [0.1, 0.15) is 26.3 Å². The molecule has 3 nitrogen and oxygen atoms in total. The SMILES string of the molecule is CC(C)(C)[Si](C)(C)OCS(=O)(=O)Cc1ccccc1. The molecule has 0 heterocycles. The topological polar surface area (TPSA) is 43.4 Å². The standard InChI is InChI=1S/C14H24O3SSi/c1-14(2,3)19(4,5)17-12-18(15,16)11-13-9-7-6-8-10-13/h6-10H,11-12H2,1-5H3. The average molecular weight is 300 g/mol. The Labute approximate surface area is 118 Å². The van der Waals surface area contributed by atoms with Crippen molar-refractivity contribution < 1.29 is 12.8 Å². The molecular weight excluding hydrogens is 276 g/mol. The minimum Gasteiger partial charge on any atom is -0.403 e. The first kappa shape index (κ1) is 16.4. The molecule has 0 aliphatic rings. The average Bonchev–Trinajstić information content (AvgIpc) is 2.26. The summed E-state index contributed by atoms with van der Waals surface area (Å²) in [5.41, 5.74) is 0.807. The zero-order chi connectivity index (χ0) is 14.7. The largest absolute Gasteiger partial charge is 0.403 e. The van der Waals surface area contributed by atoms with Gasteiger partial charge in [0, 0.05) is 0 Å². The first-order valence-electron chi connectivity index (χ1n) is 6.42. The summed E-state index contributed by atoms with van der Waals surface area (Å²) in [5.74, 6) is -0.138. The summed E-state index contributed by atoms with van der Waals surface area (Å²) >= 11 is 0. The van der Waals surface area contributed by atoms with E-state index in [2.05, 4.69) is 33.9 Å². The van der Waals surface area contributed by atoms with Crippen LogP contribution in [0.5, 0.6) is 0 Å². The minimum absolute atomic E-state index is 0.0231. The van der Waals surface area contributed by atoms with Crippen molar-refractivity contribution in [2.24, 2.45) is 0 Å². The van der Waals surface area contributed by atoms with E-state index in [4.69, 9.17) is 4.43 Å². The summed E-state index contributed by atoms with van der Waals surface area (Å²) in [6.45, 7) is 10.4. The molecule has 0 unspecified atom stereocenters. The molecule has 1 aromatic rings. The van der Waals surface area contributed by atoms with E-state index in [1.807, 2.05) is 30.3 Å². The molecule has 0 bridgehead atoms. The molecule has 0 spiro atoms. The highest BCUT2D eigenvalue weighted by Gasteiger charge is 2.38. The summed E-state index contributed by atoms with van der Waals surface area (Å²) in [6, 6.07) is 9.22. The third-order valence-electron chi connectivity index (χ3n) is 3.63. The lowest BCUT2D eigenvalue weighted by Crippen LogP contribution is -2.42. The van der Waals surface area contributed by atoms with Crippen LogP contribution in [0.2, 0.25) is 18.1 Å². The Kier molecular flexibility index (Phi) is 4.98. The predicted molar refractivity (Wildman–Crippen MR) is 82.2 cm³/mol. The third kappa shape index (κ3) is 5.08. The van der Waals surface area contributed by atoms with Gasteiger partial charge in [-0.2, -0.15) is 0 Å². The van der Waals surface area contributed by atoms with Gasteiger partial charge in [0.05, 0.1) is 5.75 Å². The van der Waals surface area contributed by atoms with Gasteiger partial charge in [0.1, 0.15) is 5.94 Å². The van der Waals surface area contributed by atoms with Crippen LogP contribution in [-0.2, 0) is 20.0 Å². The van der Waals surface area contributed by atoms with Crippen molar-refractivity contribution in [3.05, 3.63) is 35.9 Å². The lowest BCUT2D eigenvalue weighted by Gasteiger charge is -2.35. The molecule has 0 aromatic heterocycles. The highest BCUT2D eigenvalue weighted by atomic mass is 32.2. The second-order valence-electron chi connectivity index (χ2n) is 6.40. The molecule has 0 aliphatic carbocycles. The molecule has 0 amide bonds.